The van der Waals surface area contributed by atoms with Crippen LogP contribution in [0.2, 0.25) is 5.02 Å². The molecule has 0 fully saturated rings. The summed E-state index contributed by atoms with van der Waals surface area (Å²) in [5, 5.41) is 3.61. The van der Waals surface area contributed by atoms with E-state index in [2.05, 4.69) is 31.1 Å². The molecule has 0 aliphatic rings. The number of aromatic nitrogens is 3. The number of hydrogen-bond acceptors (Lipinski definition) is 7. The van der Waals surface area contributed by atoms with Crippen molar-refractivity contribution < 1.29 is 4.79 Å². The number of benzene rings is 1. The van der Waals surface area contributed by atoms with Crippen LogP contribution in [0.25, 0.3) is 0 Å². The average Bonchev–Trinajstić information content (AvgIpc) is 2.63. The number of rotatable bonds is 5. The van der Waals surface area contributed by atoms with Crippen LogP contribution >= 0.6 is 11.6 Å². The Balaban J connectivity index is 1.69. The smallest absolute Gasteiger partial charge is 0.269 e. The van der Waals surface area contributed by atoms with Gasteiger partial charge in [0.2, 0.25) is 0 Å². The van der Waals surface area contributed by atoms with Crippen LogP contribution in [0.3, 0.4) is 0 Å². The molecule has 0 spiro atoms. The van der Waals surface area contributed by atoms with Gasteiger partial charge in [0.05, 0.1) is 0 Å². The second kappa shape index (κ2) is 7.45. The summed E-state index contributed by atoms with van der Waals surface area (Å²) < 4.78 is 0. The number of nitrogens with one attached hydrogen (secondary N) is 3. The van der Waals surface area contributed by atoms with Crippen LogP contribution in [0.5, 0.6) is 0 Å². The van der Waals surface area contributed by atoms with Crippen molar-refractivity contribution in [2.75, 3.05) is 16.5 Å². The largest absolute Gasteiger partial charge is 0.393 e. The number of nitrogens with two attached hydrogens (primary N) is 1. The first-order valence-corrected chi connectivity index (χ1v) is 7.61. The van der Waals surface area contributed by atoms with Crippen LogP contribution in [0.1, 0.15) is 10.4 Å². The Hall–Kier alpha value is -3.39. The van der Waals surface area contributed by atoms with Crippen molar-refractivity contribution >= 4 is 40.5 Å². The van der Waals surface area contributed by atoms with Crippen molar-refractivity contribution in [1.82, 2.24) is 20.4 Å². The molecule has 0 atom stereocenters. The molecule has 0 saturated heterocycles. The van der Waals surface area contributed by atoms with Crippen LogP contribution in [0.15, 0.2) is 55.1 Å². The Bertz CT molecular complexity index is 871. The molecular weight excluding hydrogens is 342 g/mol. The van der Waals surface area contributed by atoms with Crippen LogP contribution < -0.4 is 21.9 Å². The van der Waals surface area contributed by atoms with Crippen LogP contribution in [-0.2, 0) is 0 Å². The lowest BCUT2D eigenvalue weighted by atomic mass is 10.2. The van der Waals surface area contributed by atoms with Gasteiger partial charge in [0.15, 0.2) is 11.6 Å². The van der Waals surface area contributed by atoms with E-state index >= 15 is 0 Å². The first kappa shape index (κ1) is 16.5. The molecule has 2 heterocycles. The average molecular weight is 356 g/mol. The number of pyridine rings is 1. The zero-order valence-corrected chi connectivity index (χ0v) is 13.7. The maximum atomic E-state index is 12.1. The molecule has 25 heavy (non-hydrogen) atoms. The molecule has 0 unspecified atom stereocenters. The predicted octanol–water partition coefficient (Wildman–Crippen LogP) is 2.61. The van der Waals surface area contributed by atoms with Gasteiger partial charge in [0, 0.05) is 28.7 Å². The van der Waals surface area contributed by atoms with Gasteiger partial charge in [-0.1, -0.05) is 11.6 Å². The molecule has 0 bridgehead atoms. The molecular formula is C16H14ClN7O. The highest BCUT2D eigenvalue weighted by atomic mass is 35.5. The Morgan fingerprint density at radius 2 is 1.68 bits per heavy atom. The molecule has 0 radical (unpaired) electrons. The van der Waals surface area contributed by atoms with E-state index in [1.165, 1.54) is 6.33 Å². The fraction of sp³-hybridized carbons (Fsp3) is 0. The molecule has 0 aliphatic carbocycles. The number of anilines is 4. The van der Waals surface area contributed by atoms with Gasteiger partial charge in [-0.3, -0.25) is 20.6 Å². The SMILES string of the molecule is Nc1c(NNC(=O)c2ccc(Cl)cc2)ncnc1Nc1ccncc1. The number of amides is 1. The van der Waals surface area contributed by atoms with Crippen LogP contribution in [0, 0.1) is 0 Å². The Labute approximate surface area is 148 Å². The van der Waals surface area contributed by atoms with Crippen molar-refractivity contribution in [3.8, 4) is 0 Å². The summed E-state index contributed by atoms with van der Waals surface area (Å²) in [7, 11) is 0. The molecule has 126 valence electrons. The van der Waals surface area contributed by atoms with Gasteiger partial charge < -0.3 is 11.1 Å². The number of nitrogens with zero attached hydrogens (tertiary/aromatic N) is 3. The summed E-state index contributed by atoms with van der Waals surface area (Å²) >= 11 is 5.80. The van der Waals surface area contributed by atoms with Crippen LogP contribution in [-0.4, -0.2) is 20.9 Å². The van der Waals surface area contributed by atoms with E-state index in [9.17, 15) is 4.79 Å². The third-order valence-electron chi connectivity index (χ3n) is 3.23. The normalized spacial score (nSPS) is 10.1. The number of carbonyl (C=O) groups excluding carboxylic acids is 1. The monoisotopic (exact) mass is 355 g/mol. The van der Waals surface area contributed by atoms with Gasteiger partial charge in [0.25, 0.3) is 5.91 Å². The Morgan fingerprint density at radius 1 is 1.00 bits per heavy atom. The number of halogens is 1. The van der Waals surface area contributed by atoms with Crippen molar-refractivity contribution in [3.63, 3.8) is 0 Å². The fourth-order valence-electron chi connectivity index (χ4n) is 1.96. The second-order valence-corrected chi connectivity index (χ2v) is 5.37. The highest BCUT2D eigenvalue weighted by Gasteiger charge is 2.10. The number of carbonyl (C=O) groups is 1. The topological polar surface area (TPSA) is 118 Å². The minimum atomic E-state index is -0.349. The van der Waals surface area contributed by atoms with Gasteiger partial charge in [-0.2, -0.15) is 0 Å². The van der Waals surface area contributed by atoms with Crippen LogP contribution in [0.4, 0.5) is 23.0 Å². The predicted molar refractivity (Wildman–Crippen MR) is 96.5 cm³/mol. The highest BCUT2D eigenvalue weighted by Crippen LogP contribution is 2.24. The third-order valence-corrected chi connectivity index (χ3v) is 3.48. The molecule has 2 aromatic heterocycles. The summed E-state index contributed by atoms with van der Waals surface area (Å²) in [6.45, 7) is 0. The first-order chi connectivity index (χ1) is 12.1. The minimum Gasteiger partial charge on any atom is -0.393 e. The molecule has 9 heteroatoms. The lowest BCUT2D eigenvalue weighted by Crippen LogP contribution is -2.30. The lowest BCUT2D eigenvalue weighted by molar-refractivity contribution is 0.0962. The highest BCUT2D eigenvalue weighted by molar-refractivity contribution is 6.30. The summed E-state index contributed by atoms with van der Waals surface area (Å²) in [4.78, 5) is 24.2. The summed E-state index contributed by atoms with van der Waals surface area (Å²) in [5.74, 6) is 0.330. The number of hydrazine groups is 1. The molecule has 0 saturated carbocycles. The molecule has 3 aromatic rings. The standard InChI is InChI=1S/C16H14ClN7O/c17-11-3-1-10(2-4-11)16(25)24-23-15-13(18)14(20-9-21-15)22-12-5-7-19-8-6-12/h1-9H,18H2,(H,24,25)(H2,19,20,21,22,23). The molecule has 8 nitrogen and oxygen atoms in total. The summed E-state index contributed by atoms with van der Waals surface area (Å²) in [6.07, 6.45) is 4.62. The van der Waals surface area contributed by atoms with Crippen molar-refractivity contribution in [3.05, 3.63) is 65.7 Å². The van der Waals surface area contributed by atoms with Gasteiger partial charge in [-0.15, -0.1) is 0 Å². The van der Waals surface area contributed by atoms with Crippen molar-refractivity contribution in [2.24, 2.45) is 0 Å². The van der Waals surface area contributed by atoms with E-state index in [0.717, 1.165) is 5.69 Å². The molecule has 3 rings (SSSR count). The Kier molecular flexibility index (Phi) is 4.91. The number of nitrogen functional groups attached to an aromatic ring is 1. The maximum Gasteiger partial charge on any atom is 0.269 e. The van der Waals surface area contributed by atoms with E-state index in [0.29, 0.717) is 16.4 Å². The molecule has 1 amide bonds. The molecule has 1 aromatic carbocycles. The van der Waals surface area contributed by atoms with E-state index in [1.807, 2.05) is 0 Å². The quantitative estimate of drug-likeness (QED) is 0.519. The van der Waals surface area contributed by atoms with Crippen molar-refractivity contribution in [1.29, 1.82) is 0 Å². The zero-order chi connectivity index (χ0) is 17.6. The van der Waals surface area contributed by atoms with Gasteiger partial charge in [-0.25, -0.2) is 9.97 Å². The van der Waals surface area contributed by atoms with E-state index in [4.69, 9.17) is 17.3 Å². The van der Waals surface area contributed by atoms with Gasteiger partial charge in [-0.05, 0) is 36.4 Å². The lowest BCUT2D eigenvalue weighted by Gasteiger charge is -2.13. The minimum absolute atomic E-state index is 0.260. The summed E-state index contributed by atoms with van der Waals surface area (Å²) in [6, 6.07) is 10.0. The zero-order valence-electron chi connectivity index (χ0n) is 12.9. The second-order valence-electron chi connectivity index (χ2n) is 4.93. The number of hydrogen-bond donors (Lipinski definition) is 4. The third kappa shape index (κ3) is 4.12. The molecule has 0 aliphatic heterocycles. The Morgan fingerprint density at radius 3 is 2.40 bits per heavy atom. The van der Waals surface area contributed by atoms with Crippen molar-refractivity contribution in [2.45, 2.75) is 0 Å². The maximum absolute atomic E-state index is 12.1. The molecule has 5 N–H and O–H groups in total. The first-order valence-electron chi connectivity index (χ1n) is 7.23. The van der Waals surface area contributed by atoms with E-state index in [-0.39, 0.29) is 17.4 Å². The summed E-state index contributed by atoms with van der Waals surface area (Å²) in [5.41, 5.74) is 12.7. The van der Waals surface area contributed by atoms with Gasteiger partial charge in [0.1, 0.15) is 12.0 Å². The van der Waals surface area contributed by atoms with E-state index < -0.39 is 0 Å². The van der Waals surface area contributed by atoms with E-state index in [1.54, 1.807) is 48.8 Å². The fourth-order valence-corrected chi connectivity index (χ4v) is 2.08. The van der Waals surface area contributed by atoms with Gasteiger partial charge >= 0.3 is 0 Å².